The summed E-state index contributed by atoms with van der Waals surface area (Å²) in [5, 5.41) is 11.9. The minimum Gasteiger partial charge on any atom is -0.290 e. The molecule has 1 heteroatoms. The van der Waals surface area contributed by atoms with E-state index in [1.54, 1.807) is 12.1 Å². The highest BCUT2D eigenvalue weighted by molar-refractivity contribution is 5.74. The van der Waals surface area contributed by atoms with E-state index in [2.05, 4.69) is 6.07 Å². The predicted molar refractivity (Wildman–Crippen MR) is 77.4 cm³/mol. The largest absolute Gasteiger partial charge is 0.290 e. The van der Waals surface area contributed by atoms with Crippen LogP contribution < -0.4 is 0 Å². The van der Waals surface area contributed by atoms with Gasteiger partial charge in [-0.1, -0.05) is 60.7 Å². The Morgan fingerprint density at radius 2 is 0.895 bits per heavy atom. The van der Waals surface area contributed by atoms with Crippen molar-refractivity contribution >= 4 is 0 Å². The van der Waals surface area contributed by atoms with E-state index in [1.165, 1.54) is 0 Å². The Balaban J connectivity index is 2.12. The fraction of sp³-hybridized carbons (Fsp3) is 0. The first-order valence-electron chi connectivity index (χ1n) is 6.26. The lowest BCUT2D eigenvalue weighted by atomic mass is 9.99. The van der Waals surface area contributed by atoms with Crippen molar-refractivity contribution in [2.24, 2.45) is 0 Å². The van der Waals surface area contributed by atoms with E-state index in [4.69, 9.17) is 0 Å². The van der Waals surface area contributed by atoms with Crippen molar-refractivity contribution in [1.82, 2.24) is 0 Å². The van der Waals surface area contributed by atoms with Crippen LogP contribution in [0.15, 0.2) is 78.9 Å². The van der Waals surface area contributed by atoms with Gasteiger partial charge in [0, 0.05) is 0 Å². The second-order valence-electron chi connectivity index (χ2n) is 4.48. The van der Waals surface area contributed by atoms with Gasteiger partial charge in [-0.3, -0.25) is 5.11 Å². The summed E-state index contributed by atoms with van der Waals surface area (Å²) in [5.74, 6) is 0.0419. The van der Waals surface area contributed by atoms with Gasteiger partial charge in [0.05, 0.1) is 0 Å². The van der Waals surface area contributed by atoms with E-state index in [9.17, 15) is 5.11 Å². The van der Waals surface area contributed by atoms with Crippen LogP contribution in [0.1, 0.15) is 0 Å². The maximum Gasteiger partial charge on any atom is 0.179 e. The molecule has 0 N–H and O–H groups in total. The minimum absolute atomic E-state index is 0.0419. The molecule has 0 saturated heterocycles. The van der Waals surface area contributed by atoms with Crippen LogP contribution in [-0.2, 0) is 5.11 Å². The highest BCUT2D eigenvalue weighted by Crippen LogP contribution is 2.30. The molecule has 0 unspecified atom stereocenters. The van der Waals surface area contributed by atoms with Gasteiger partial charge in [0.15, 0.2) is 5.75 Å². The Hall–Kier alpha value is -2.54. The zero-order valence-electron chi connectivity index (χ0n) is 10.4. The molecular formula is C18H13O. The molecule has 3 rings (SSSR count). The van der Waals surface area contributed by atoms with Crippen LogP contribution in [0, 0.1) is 0 Å². The number of hydrogen-bond donors (Lipinski definition) is 0. The topological polar surface area (TPSA) is 19.9 Å². The molecule has 0 aliphatic rings. The van der Waals surface area contributed by atoms with Crippen LogP contribution in [0.25, 0.3) is 22.3 Å². The number of rotatable bonds is 2. The maximum atomic E-state index is 11.9. The van der Waals surface area contributed by atoms with E-state index in [0.29, 0.717) is 0 Å². The third-order valence-electron chi connectivity index (χ3n) is 3.12. The zero-order valence-corrected chi connectivity index (χ0v) is 10.4. The highest BCUT2D eigenvalue weighted by Gasteiger charge is 2.05. The Bertz CT molecular complexity index is 615. The van der Waals surface area contributed by atoms with Gasteiger partial charge in [0.25, 0.3) is 0 Å². The van der Waals surface area contributed by atoms with Gasteiger partial charge >= 0.3 is 0 Å². The molecule has 3 aromatic rings. The van der Waals surface area contributed by atoms with Crippen molar-refractivity contribution in [2.75, 3.05) is 0 Å². The Labute approximate surface area is 112 Å². The van der Waals surface area contributed by atoms with Crippen LogP contribution >= 0.6 is 0 Å². The monoisotopic (exact) mass is 245 g/mol. The first kappa shape index (κ1) is 11.5. The van der Waals surface area contributed by atoms with E-state index >= 15 is 0 Å². The molecule has 1 radical (unpaired) electrons. The van der Waals surface area contributed by atoms with Crippen molar-refractivity contribution in [3.63, 3.8) is 0 Å². The van der Waals surface area contributed by atoms with Gasteiger partial charge in [-0.2, -0.15) is 0 Å². The molecule has 0 atom stereocenters. The van der Waals surface area contributed by atoms with Gasteiger partial charge in [-0.25, -0.2) is 0 Å². The van der Waals surface area contributed by atoms with E-state index < -0.39 is 0 Å². The fourth-order valence-electron chi connectivity index (χ4n) is 2.19. The quantitative estimate of drug-likeness (QED) is 0.594. The van der Waals surface area contributed by atoms with Gasteiger partial charge in [0.1, 0.15) is 0 Å². The highest BCUT2D eigenvalue weighted by atomic mass is 16.3. The Morgan fingerprint density at radius 3 is 1.32 bits per heavy atom. The summed E-state index contributed by atoms with van der Waals surface area (Å²) in [6, 6.07) is 25.4. The minimum atomic E-state index is 0.0419. The normalized spacial score (nSPS) is 10.3. The van der Waals surface area contributed by atoms with Gasteiger partial charge in [-0.15, -0.1) is 0 Å². The lowest BCUT2D eigenvalue weighted by Gasteiger charge is -2.06. The molecule has 0 aliphatic carbocycles. The summed E-state index contributed by atoms with van der Waals surface area (Å²) in [5.41, 5.74) is 4.06. The van der Waals surface area contributed by atoms with Gasteiger partial charge < -0.3 is 0 Å². The summed E-state index contributed by atoms with van der Waals surface area (Å²) in [4.78, 5) is 0. The first-order valence-corrected chi connectivity index (χ1v) is 6.26. The summed E-state index contributed by atoms with van der Waals surface area (Å²) < 4.78 is 0. The molecule has 0 saturated carbocycles. The molecular weight excluding hydrogens is 232 g/mol. The average molecular weight is 245 g/mol. The zero-order chi connectivity index (χ0) is 13.1. The standard InChI is InChI=1S/C18H13O/c19-18-12-16(14-7-3-1-4-8-14)11-17(13-18)15-9-5-2-6-10-15/h1-13H. The van der Waals surface area contributed by atoms with Crippen molar-refractivity contribution < 1.29 is 5.11 Å². The molecule has 19 heavy (non-hydrogen) atoms. The summed E-state index contributed by atoms with van der Waals surface area (Å²) in [7, 11) is 0. The molecule has 0 fully saturated rings. The second-order valence-corrected chi connectivity index (χ2v) is 4.48. The van der Waals surface area contributed by atoms with Crippen molar-refractivity contribution in [1.29, 1.82) is 0 Å². The molecule has 1 nitrogen and oxygen atoms in total. The van der Waals surface area contributed by atoms with Crippen LogP contribution in [0.5, 0.6) is 5.75 Å². The third-order valence-corrected chi connectivity index (χ3v) is 3.12. The molecule has 0 spiro atoms. The lowest BCUT2D eigenvalue weighted by Crippen LogP contribution is -1.81. The maximum absolute atomic E-state index is 11.9. The summed E-state index contributed by atoms with van der Waals surface area (Å²) >= 11 is 0. The fourth-order valence-corrected chi connectivity index (χ4v) is 2.19. The van der Waals surface area contributed by atoms with Gasteiger partial charge in [-0.05, 0) is 40.5 Å². The molecule has 0 amide bonds. The van der Waals surface area contributed by atoms with Crippen molar-refractivity contribution in [3.8, 4) is 28.0 Å². The van der Waals surface area contributed by atoms with Crippen LogP contribution in [0.4, 0.5) is 0 Å². The van der Waals surface area contributed by atoms with Gasteiger partial charge in [0.2, 0.25) is 0 Å². The van der Waals surface area contributed by atoms with E-state index in [0.717, 1.165) is 22.3 Å². The molecule has 0 heterocycles. The van der Waals surface area contributed by atoms with E-state index in [-0.39, 0.29) is 5.75 Å². The second kappa shape index (κ2) is 4.99. The van der Waals surface area contributed by atoms with Crippen LogP contribution in [-0.4, -0.2) is 0 Å². The lowest BCUT2D eigenvalue weighted by molar-refractivity contribution is 0.355. The number of hydrogen-bond acceptors (Lipinski definition) is 0. The smallest absolute Gasteiger partial charge is 0.179 e. The predicted octanol–water partition coefficient (Wildman–Crippen LogP) is 5.16. The molecule has 0 aliphatic heterocycles. The Morgan fingerprint density at radius 1 is 0.474 bits per heavy atom. The summed E-state index contributed by atoms with van der Waals surface area (Å²) in [6.07, 6.45) is 0. The third kappa shape index (κ3) is 2.50. The SMILES string of the molecule is [O]c1cc(-c2ccccc2)cc(-c2ccccc2)c1. The van der Waals surface area contributed by atoms with Crippen molar-refractivity contribution in [3.05, 3.63) is 78.9 Å². The Kier molecular flexibility index (Phi) is 3.03. The summed E-state index contributed by atoms with van der Waals surface area (Å²) in [6.45, 7) is 0. The molecule has 91 valence electrons. The molecule has 0 aromatic heterocycles. The molecule has 3 aromatic carbocycles. The average Bonchev–Trinajstić information content (AvgIpc) is 2.48. The first-order chi connectivity index (χ1) is 9.33. The van der Waals surface area contributed by atoms with Crippen molar-refractivity contribution in [2.45, 2.75) is 0 Å². The van der Waals surface area contributed by atoms with Crippen LogP contribution in [0.2, 0.25) is 0 Å². The molecule has 0 bridgehead atoms. The van der Waals surface area contributed by atoms with Crippen LogP contribution in [0.3, 0.4) is 0 Å². The van der Waals surface area contributed by atoms with E-state index in [1.807, 2.05) is 60.7 Å². The number of benzene rings is 3.